The second-order valence-electron chi connectivity index (χ2n) is 3.64. The predicted octanol–water partition coefficient (Wildman–Crippen LogP) is 1.80. The summed E-state index contributed by atoms with van der Waals surface area (Å²) in [6, 6.07) is 4.52. The Kier molecular flexibility index (Phi) is 5.74. The first-order valence-corrected chi connectivity index (χ1v) is 6.10. The molecule has 0 bridgehead atoms. The number of aromatic carboxylic acids is 1. The molecule has 0 fully saturated rings. The van der Waals surface area contributed by atoms with E-state index in [1.165, 1.54) is 12.1 Å². The van der Waals surface area contributed by atoms with Crippen LogP contribution in [-0.4, -0.2) is 41.3 Å². The quantitative estimate of drug-likeness (QED) is 0.660. The van der Waals surface area contributed by atoms with Crippen LogP contribution in [0.25, 0.3) is 0 Å². The second-order valence-corrected chi connectivity index (χ2v) is 3.95. The first-order chi connectivity index (χ1) is 8.58. The van der Waals surface area contributed by atoms with Gasteiger partial charge in [-0.15, -0.1) is 11.6 Å². The lowest BCUT2D eigenvalue weighted by atomic mass is 10.2. The van der Waals surface area contributed by atoms with E-state index in [4.69, 9.17) is 21.4 Å². The lowest BCUT2D eigenvalue weighted by molar-refractivity contribution is 0.0697. The zero-order chi connectivity index (χ0) is 13.5. The number of carbonyl (C=O) groups is 1. The minimum Gasteiger partial charge on any atom is -0.492 e. The molecular weight excluding hydrogens is 258 g/mol. The number of ether oxygens (including phenoxy) is 1. The smallest absolute Gasteiger partial charge is 0.335 e. The summed E-state index contributed by atoms with van der Waals surface area (Å²) in [5.41, 5.74) is 0.683. The molecule has 18 heavy (non-hydrogen) atoms. The van der Waals surface area contributed by atoms with Gasteiger partial charge in [-0.25, -0.2) is 4.79 Å². The minimum absolute atomic E-state index is 0.107. The Bertz CT molecular complexity index is 411. The van der Waals surface area contributed by atoms with E-state index in [0.717, 1.165) is 0 Å². The number of benzene rings is 1. The van der Waals surface area contributed by atoms with Gasteiger partial charge in [-0.05, 0) is 25.1 Å². The molecule has 0 heterocycles. The highest BCUT2D eigenvalue weighted by atomic mass is 35.5. The lowest BCUT2D eigenvalue weighted by Crippen LogP contribution is -2.21. The Labute approximate surface area is 110 Å². The summed E-state index contributed by atoms with van der Waals surface area (Å²) in [7, 11) is 0. The van der Waals surface area contributed by atoms with E-state index in [-0.39, 0.29) is 18.0 Å². The Morgan fingerprint density at radius 1 is 1.56 bits per heavy atom. The van der Waals surface area contributed by atoms with Crippen LogP contribution in [0.3, 0.4) is 0 Å². The number of anilines is 1. The number of aliphatic hydroxyl groups excluding tert-OH is 1. The number of hydrogen-bond acceptors (Lipinski definition) is 4. The van der Waals surface area contributed by atoms with E-state index >= 15 is 0 Å². The molecule has 6 heteroatoms. The van der Waals surface area contributed by atoms with Gasteiger partial charge >= 0.3 is 5.97 Å². The highest BCUT2D eigenvalue weighted by molar-refractivity contribution is 6.18. The summed E-state index contributed by atoms with van der Waals surface area (Å²) >= 11 is 5.49. The average molecular weight is 274 g/mol. The molecule has 1 aromatic rings. The molecule has 0 aromatic heterocycles. The number of carboxylic acids is 1. The van der Waals surface area contributed by atoms with Crippen LogP contribution in [0, 0.1) is 0 Å². The predicted molar refractivity (Wildman–Crippen MR) is 69.8 cm³/mol. The van der Waals surface area contributed by atoms with Crippen LogP contribution in [0.1, 0.15) is 17.3 Å². The third kappa shape index (κ3) is 4.09. The van der Waals surface area contributed by atoms with Crippen LogP contribution in [-0.2, 0) is 0 Å². The van der Waals surface area contributed by atoms with Crippen molar-refractivity contribution in [3.05, 3.63) is 23.8 Å². The number of alkyl halides is 1. The molecule has 0 spiro atoms. The van der Waals surface area contributed by atoms with Crippen LogP contribution in [0.4, 0.5) is 5.69 Å². The summed E-state index contributed by atoms with van der Waals surface area (Å²) in [5.74, 6) is -0.362. The molecule has 1 aromatic carbocycles. The summed E-state index contributed by atoms with van der Waals surface area (Å²) < 4.78 is 5.37. The number of hydrogen-bond donors (Lipinski definition) is 3. The second kappa shape index (κ2) is 7.08. The van der Waals surface area contributed by atoms with Gasteiger partial charge in [-0.1, -0.05) is 0 Å². The first-order valence-electron chi connectivity index (χ1n) is 5.56. The Morgan fingerprint density at radius 2 is 2.28 bits per heavy atom. The van der Waals surface area contributed by atoms with Gasteiger partial charge in [0, 0.05) is 6.54 Å². The summed E-state index contributed by atoms with van der Waals surface area (Å²) in [5, 5.41) is 21.2. The maximum atomic E-state index is 10.9. The molecule has 1 unspecified atom stereocenters. The molecule has 0 saturated carbocycles. The molecular formula is C12H16ClNO4. The Hall–Kier alpha value is -1.46. The van der Waals surface area contributed by atoms with E-state index in [2.05, 4.69) is 5.32 Å². The zero-order valence-corrected chi connectivity index (χ0v) is 10.8. The molecule has 0 aliphatic rings. The molecule has 0 aliphatic heterocycles. The van der Waals surface area contributed by atoms with Crippen molar-refractivity contribution < 1.29 is 19.7 Å². The molecule has 100 valence electrons. The summed E-state index contributed by atoms with van der Waals surface area (Å²) in [6.07, 6.45) is -0.699. The summed E-state index contributed by atoms with van der Waals surface area (Å²) in [6.45, 7) is 2.54. The van der Waals surface area contributed by atoms with E-state index in [0.29, 0.717) is 18.0 Å². The molecule has 3 N–H and O–H groups in total. The van der Waals surface area contributed by atoms with Crippen molar-refractivity contribution in [3.8, 4) is 5.75 Å². The topological polar surface area (TPSA) is 78.8 Å². The van der Waals surface area contributed by atoms with Crippen molar-refractivity contribution in [1.82, 2.24) is 0 Å². The third-order valence-electron chi connectivity index (χ3n) is 2.23. The number of rotatable bonds is 7. The number of carboxylic acid groups (broad SMARTS) is 1. The normalized spacial score (nSPS) is 11.9. The molecule has 1 atom stereocenters. The fourth-order valence-electron chi connectivity index (χ4n) is 1.36. The zero-order valence-electron chi connectivity index (χ0n) is 10.0. The van der Waals surface area contributed by atoms with Gasteiger partial charge in [0.25, 0.3) is 0 Å². The van der Waals surface area contributed by atoms with Crippen molar-refractivity contribution in [2.75, 3.05) is 24.3 Å². The molecule has 0 aliphatic carbocycles. The molecule has 0 amide bonds. The van der Waals surface area contributed by atoms with Crippen LogP contribution in [0.2, 0.25) is 0 Å². The molecule has 0 saturated heterocycles. The van der Waals surface area contributed by atoms with E-state index in [1.807, 2.05) is 6.92 Å². The van der Waals surface area contributed by atoms with Crippen molar-refractivity contribution in [2.24, 2.45) is 0 Å². The summed E-state index contributed by atoms with van der Waals surface area (Å²) in [4.78, 5) is 10.9. The maximum absolute atomic E-state index is 10.9. The van der Waals surface area contributed by atoms with Crippen LogP contribution >= 0.6 is 11.6 Å². The molecule has 1 rings (SSSR count). The van der Waals surface area contributed by atoms with Crippen molar-refractivity contribution in [2.45, 2.75) is 13.0 Å². The largest absolute Gasteiger partial charge is 0.492 e. The average Bonchev–Trinajstić information content (AvgIpc) is 2.37. The van der Waals surface area contributed by atoms with Crippen molar-refractivity contribution in [1.29, 1.82) is 0 Å². The standard InChI is InChI=1S/C12H16ClNO4/c1-2-18-11-4-3-8(12(16)17)5-10(11)14-7-9(15)6-13/h3-5,9,14-15H,2,6-7H2,1H3,(H,16,17). The van der Waals surface area contributed by atoms with E-state index in [9.17, 15) is 9.90 Å². The number of nitrogens with one attached hydrogen (secondary N) is 1. The van der Waals surface area contributed by atoms with Crippen molar-refractivity contribution >= 4 is 23.3 Å². The van der Waals surface area contributed by atoms with Gasteiger partial charge in [0.05, 0.1) is 29.8 Å². The number of halogens is 1. The van der Waals surface area contributed by atoms with Crippen molar-refractivity contribution in [3.63, 3.8) is 0 Å². The van der Waals surface area contributed by atoms with Gasteiger partial charge in [-0.3, -0.25) is 0 Å². The van der Waals surface area contributed by atoms with Gasteiger partial charge in [0.2, 0.25) is 0 Å². The van der Waals surface area contributed by atoms with Gasteiger partial charge in [0.1, 0.15) is 5.75 Å². The highest BCUT2D eigenvalue weighted by Crippen LogP contribution is 2.26. The minimum atomic E-state index is -1.01. The van der Waals surface area contributed by atoms with Crippen LogP contribution in [0.5, 0.6) is 5.75 Å². The number of aliphatic hydroxyl groups is 1. The third-order valence-corrected chi connectivity index (χ3v) is 2.59. The monoisotopic (exact) mass is 273 g/mol. The highest BCUT2D eigenvalue weighted by Gasteiger charge is 2.10. The fourth-order valence-corrected chi connectivity index (χ4v) is 1.47. The van der Waals surface area contributed by atoms with Gasteiger partial charge in [-0.2, -0.15) is 0 Å². The Balaban J connectivity index is 2.88. The SMILES string of the molecule is CCOc1ccc(C(=O)O)cc1NCC(O)CCl. The van der Waals surface area contributed by atoms with Gasteiger partial charge < -0.3 is 20.3 Å². The molecule has 0 radical (unpaired) electrons. The first kappa shape index (κ1) is 14.6. The van der Waals surface area contributed by atoms with Gasteiger partial charge in [0.15, 0.2) is 0 Å². The molecule has 5 nitrogen and oxygen atoms in total. The maximum Gasteiger partial charge on any atom is 0.335 e. The Morgan fingerprint density at radius 3 is 2.83 bits per heavy atom. The van der Waals surface area contributed by atoms with Crippen LogP contribution < -0.4 is 10.1 Å². The van der Waals surface area contributed by atoms with E-state index in [1.54, 1.807) is 6.07 Å². The fraction of sp³-hybridized carbons (Fsp3) is 0.417. The lowest BCUT2D eigenvalue weighted by Gasteiger charge is -2.14. The van der Waals surface area contributed by atoms with Crippen LogP contribution in [0.15, 0.2) is 18.2 Å². The van der Waals surface area contributed by atoms with E-state index < -0.39 is 12.1 Å².